The zero-order valence-electron chi connectivity index (χ0n) is 11.1. The summed E-state index contributed by atoms with van der Waals surface area (Å²) in [7, 11) is 1.61. The second kappa shape index (κ2) is 5.14. The standard InChI is InChI=1S/C13H15BrN4O2/c1-20-9-3-4-11(14)10(7-9)12-15-17-18(16-12)8-13(19)5-2-6-13/h3-4,7,19H,2,5-6,8H2,1H3. The van der Waals surface area contributed by atoms with Gasteiger partial charge in [0.15, 0.2) is 0 Å². The summed E-state index contributed by atoms with van der Waals surface area (Å²) in [4.78, 5) is 1.46. The van der Waals surface area contributed by atoms with E-state index in [4.69, 9.17) is 4.74 Å². The van der Waals surface area contributed by atoms with Crippen molar-refractivity contribution in [1.82, 2.24) is 20.2 Å². The Balaban J connectivity index is 1.86. The van der Waals surface area contributed by atoms with Crippen LogP contribution in [0.3, 0.4) is 0 Å². The number of hydrogen-bond acceptors (Lipinski definition) is 5. The molecule has 1 aromatic carbocycles. The van der Waals surface area contributed by atoms with Crippen molar-refractivity contribution < 1.29 is 9.84 Å². The summed E-state index contributed by atoms with van der Waals surface area (Å²) in [5.41, 5.74) is 0.153. The molecule has 0 atom stereocenters. The number of nitrogens with zero attached hydrogens (tertiary/aromatic N) is 4. The predicted molar refractivity (Wildman–Crippen MR) is 76.3 cm³/mol. The quantitative estimate of drug-likeness (QED) is 0.923. The SMILES string of the molecule is COc1ccc(Br)c(-c2nnn(CC3(O)CCC3)n2)c1. The number of aliphatic hydroxyl groups is 1. The molecular weight excluding hydrogens is 324 g/mol. The third-order valence-corrected chi connectivity index (χ3v) is 4.28. The van der Waals surface area contributed by atoms with Crippen LogP contribution in [0.5, 0.6) is 5.75 Å². The van der Waals surface area contributed by atoms with Crippen LogP contribution >= 0.6 is 15.9 Å². The van der Waals surface area contributed by atoms with Crippen molar-refractivity contribution in [1.29, 1.82) is 0 Å². The highest BCUT2D eigenvalue weighted by Crippen LogP contribution is 2.33. The lowest BCUT2D eigenvalue weighted by molar-refractivity contribution is -0.0530. The lowest BCUT2D eigenvalue weighted by atomic mass is 9.80. The molecule has 1 saturated carbocycles. The first-order valence-corrected chi connectivity index (χ1v) is 7.23. The van der Waals surface area contributed by atoms with Gasteiger partial charge in [0.25, 0.3) is 0 Å². The van der Waals surface area contributed by atoms with E-state index in [1.165, 1.54) is 4.80 Å². The molecule has 2 aromatic rings. The van der Waals surface area contributed by atoms with Gasteiger partial charge >= 0.3 is 0 Å². The number of hydrogen-bond donors (Lipinski definition) is 1. The van der Waals surface area contributed by atoms with Crippen LogP contribution in [0.2, 0.25) is 0 Å². The Bertz CT molecular complexity index is 625. The summed E-state index contributed by atoms with van der Waals surface area (Å²) >= 11 is 3.47. The first kappa shape index (κ1) is 13.5. The summed E-state index contributed by atoms with van der Waals surface area (Å²) < 4.78 is 6.08. The molecule has 1 fully saturated rings. The molecule has 0 unspecified atom stereocenters. The third kappa shape index (κ3) is 2.55. The molecule has 6 nitrogen and oxygen atoms in total. The van der Waals surface area contributed by atoms with Crippen molar-refractivity contribution >= 4 is 15.9 Å². The van der Waals surface area contributed by atoms with Crippen LogP contribution in [0.4, 0.5) is 0 Å². The molecule has 1 heterocycles. The van der Waals surface area contributed by atoms with E-state index in [0.717, 1.165) is 35.0 Å². The molecule has 0 bridgehead atoms. The Hall–Kier alpha value is -1.47. The van der Waals surface area contributed by atoms with E-state index in [1.807, 2.05) is 18.2 Å². The van der Waals surface area contributed by atoms with E-state index in [-0.39, 0.29) is 0 Å². The van der Waals surface area contributed by atoms with Crippen molar-refractivity contribution in [2.75, 3.05) is 7.11 Å². The molecule has 0 aliphatic heterocycles. The molecular formula is C13H15BrN4O2. The van der Waals surface area contributed by atoms with Gasteiger partial charge in [-0.25, -0.2) is 0 Å². The van der Waals surface area contributed by atoms with Crippen LogP contribution in [-0.4, -0.2) is 38.0 Å². The van der Waals surface area contributed by atoms with Gasteiger partial charge in [-0.15, -0.1) is 10.2 Å². The van der Waals surface area contributed by atoms with Gasteiger partial charge in [-0.05, 0) is 42.7 Å². The average Bonchev–Trinajstić information content (AvgIpc) is 2.86. The number of tetrazole rings is 1. The highest BCUT2D eigenvalue weighted by Gasteiger charge is 2.35. The summed E-state index contributed by atoms with van der Waals surface area (Å²) in [6.45, 7) is 0.390. The lowest BCUT2D eigenvalue weighted by Crippen LogP contribution is -2.41. The number of halogens is 1. The van der Waals surface area contributed by atoms with Crippen molar-refractivity contribution in [2.45, 2.75) is 31.4 Å². The zero-order chi connectivity index (χ0) is 14.2. The molecule has 1 aliphatic carbocycles. The minimum absolute atomic E-state index is 0.390. The second-order valence-electron chi connectivity index (χ2n) is 5.07. The van der Waals surface area contributed by atoms with Crippen molar-refractivity contribution in [3.8, 4) is 17.1 Å². The maximum atomic E-state index is 10.1. The monoisotopic (exact) mass is 338 g/mol. The normalized spacial score (nSPS) is 16.8. The van der Waals surface area contributed by atoms with Gasteiger partial charge in [0, 0.05) is 10.0 Å². The summed E-state index contributed by atoms with van der Waals surface area (Å²) in [5, 5.41) is 22.5. The highest BCUT2D eigenvalue weighted by molar-refractivity contribution is 9.10. The fourth-order valence-electron chi connectivity index (χ4n) is 2.23. The predicted octanol–water partition coefficient (Wildman–Crippen LogP) is 2.03. The Morgan fingerprint density at radius 2 is 2.25 bits per heavy atom. The minimum Gasteiger partial charge on any atom is -0.497 e. The van der Waals surface area contributed by atoms with Gasteiger partial charge in [0.2, 0.25) is 5.82 Å². The zero-order valence-corrected chi connectivity index (χ0v) is 12.7. The van der Waals surface area contributed by atoms with Gasteiger partial charge < -0.3 is 9.84 Å². The van der Waals surface area contributed by atoms with E-state index in [9.17, 15) is 5.11 Å². The van der Waals surface area contributed by atoms with Gasteiger partial charge in [0.1, 0.15) is 5.75 Å². The van der Waals surface area contributed by atoms with E-state index in [0.29, 0.717) is 12.4 Å². The molecule has 106 valence electrons. The molecule has 1 aromatic heterocycles. The average molecular weight is 339 g/mol. The maximum Gasteiger partial charge on any atom is 0.206 e. The van der Waals surface area contributed by atoms with Crippen LogP contribution in [0.1, 0.15) is 19.3 Å². The molecule has 1 N–H and O–H groups in total. The summed E-state index contributed by atoms with van der Waals surface area (Å²) in [5.74, 6) is 1.25. The number of methoxy groups -OCH3 is 1. The van der Waals surface area contributed by atoms with Crippen LogP contribution in [0.25, 0.3) is 11.4 Å². The highest BCUT2D eigenvalue weighted by atomic mass is 79.9. The lowest BCUT2D eigenvalue weighted by Gasteiger charge is -2.35. The van der Waals surface area contributed by atoms with Crippen LogP contribution < -0.4 is 4.74 Å². The number of rotatable bonds is 4. The van der Waals surface area contributed by atoms with E-state index in [2.05, 4.69) is 31.3 Å². The largest absolute Gasteiger partial charge is 0.497 e. The first-order chi connectivity index (χ1) is 9.59. The Kier molecular flexibility index (Phi) is 3.47. The fourth-order valence-corrected chi connectivity index (χ4v) is 2.65. The number of aromatic nitrogens is 4. The Morgan fingerprint density at radius 3 is 2.90 bits per heavy atom. The smallest absolute Gasteiger partial charge is 0.206 e. The maximum absolute atomic E-state index is 10.1. The minimum atomic E-state index is -0.663. The Labute approximate surface area is 124 Å². The van der Waals surface area contributed by atoms with Gasteiger partial charge in [-0.3, -0.25) is 0 Å². The topological polar surface area (TPSA) is 73.1 Å². The van der Waals surface area contributed by atoms with Gasteiger partial charge in [-0.1, -0.05) is 15.9 Å². The van der Waals surface area contributed by atoms with E-state index < -0.39 is 5.60 Å². The molecule has 0 saturated heterocycles. The molecule has 20 heavy (non-hydrogen) atoms. The van der Waals surface area contributed by atoms with E-state index >= 15 is 0 Å². The molecule has 3 rings (SSSR count). The number of ether oxygens (including phenoxy) is 1. The molecule has 1 aliphatic rings. The van der Waals surface area contributed by atoms with Crippen LogP contribution in [0.15, 0.2) is 22.7 Å². The van der Waals surface area contributed by atoms with Crippen LogP contribution in [0, 0.1) is 0 Å². The molecule has 0 spiro atoms. The molecule has 0 radical (unpaired) electrons. The van der Waals surface area contributed by atoms with E-state index in [1.54, 1.807) is 7.11 Å². The van der Waals surface area contributed by atoms with Crippen molar-refractivity contribution in [3.05, 3.63) is 22.7 Å². The molecule has 7 heteroatoms. The summed E-state index contributed by atoms with van der Waals surface area (Å²) in [6.07, 6.45) is 2.65. The first-order valence-electron chi connectivity index (χ1n) is 6.44. The van der Waals surface area contributed by atoms with Gasteiger partial charge in [-0.2, -0.15) is 4.80 Å². The van der Waals surface area contributed by atoms with Crippen molar-refractivity contribution in [3.63, 3.8) is 0 Å². The second-order valence-corrected chi connectivity index (χ2v) is 5.92. The van der Waals surface area contributed by atoms with Gasteiger partial charge in [0.05, 0.1) is 19.3 Å². The Morgan fingerprint density at radius 1 is 1.45 bits per heavy atom. The third-order valence-electron chi connectivity index (χ3n) is 3.59. The molecule has 0 amide bonds. The van der Waals surface area contributed by atoms with Crippen molar-refractivity contribution in [2.24, 2.45) is 0 Å². The summed E-state index contributed by atoms with van der Waals surface area (Å²) in [6, 6.07) is 5.59. The number of benzene rings is 1. The fraction of sp³-hybridized carbons (Fsp3) is 0.462. The van der Waals surface area contributed by atoms with Crippen LogP contribution in [-0.2, 0) is 6.54 Å².